The number of benzene rings is 3. The maximum Gasteiger partial charge on any atom is 0.277 e. The van der Waals surface area contributed by atoms with Crippen LogP contribution in [0.3, 0.4) is 0 Å². The lowest BCUT2D eigenvalue weighted by Crippen LogP contribution is -2.29. The van der Waals surface area contributed by atoms with Crippen LogP contribution in [0.1, 0.15) is 59.8 Å². The van der Waals surface area contributed by atoms with Crippen LogP contribution in [0.4, 0.5) is 34.1 Å². The Bertz CT molecular complexity index is 3850. The molecule has 0 amide bonds. The van der Waals surface area contributed by atoms with E-state index in [1.165, 1.54) is 86.7 Å². The van der Waals surface area contributed by atoms with Gasteiger partial charge in [0.1, 0.15) is 39.3 Å². The fraction of sp³-hybridized carbons (Fsp3) is 0.318. The maximum absolute atomic E-state index is 12.7. The predicted octanol–water partition coefficient (Wildman–Crippen LogP) is 8.13. The van der Waals surface area contributed by atoms with E-state index < -0.39 is 83.9 Å². The lowest BCUT2D eigenvalue weighted by atomic mass is 10.1. The summed E-state index contributed by atoms with van der Waals surface area (Å²) in [4.78, 5) is 4.32. The molecule has 0 aliphatic heterocycles. The van der Waals surface area contributed by atoms with Crippen molar-refractivity contribution in [2.75, 3.05) is 36.2 Å². The van der Waals surface area contributed by atoms with Crippen LogP contribution in [0.5, 0.6) is 17.4 Å². The normalized spacial score (nSPS) is 15.5. The van der Waals surface area contributed by atoms with Crippen LogP contribution >= 0.6 is 0 Å². The molecule has 0 saturated carbocycles. The third kappa shape index (κ3) is 14.7. The summed E-state index contributed by atoms with van der Waals surface area (Å²) < 4.78 is 166. The average Bonchev–Trinajstić information content (AvgIpc) is 3.58. The minimum Gasteiger partial charge on any atom is -0.493 e. The lowest BCUT2D eigenvalue weighted by molar-refractivity contribution is 0.317. The molecule has 75 heavy (non-hydrogen) atoms. The zero-order chi connectivity index (χ0) is 55.3. The second-order valence-electron chi connectivity index (χ2n) is 16.9. The maximum atomic E-state index is 12.7. The molecule has 1 unspecified atom stereocenters. The van der Waals surface area contributed by atoms with Gasteiger partial charge in [-0.1, -0.05) is 12.2 Å². The highest BCUT2D eigenvalue weighted by Crippen LogP contribution is 2.43. The van der Waals surface area contributed by atoms with E-state index in [4.69, 9.17) is 14.0 Å². The Labute approximate surface area is 430 Å². The van der Waals surface area contributed by atoms with Gasteiger partial charge in [0.25, 0.3) is 40.5 Å². The molecule has 0 saturated heterocycles. The van der Waals surface area contributed by atoms with Crippen LogP contribution in [-0.2, 0) is 50.3 Å². The summed E-state index contributed by atoms with van der Waals surface area (Å²) >= 11 is 0. The van der Waals surface area contributed by atoms with Crippen LogP contribution in [-0.4, -0.2) is 116 Å². The van der Waals surface area contributed by atoms with Gasteiger partial charge < -0.3 is 14.6 Å². The van der Waals surface area contributed by atoms with Crippen LogP contribution < -0.4 is 9.47 Å². The topological polar surface area (TPSA) is 406 Å². The molecule has 0 fully saturated rings. The molecule has 6 rings (SSSR count). The summed E-state index contributed by atoms with van der Waals surface area (Å²) in [5.74, 6) is -3.12. The number of aromatic hydroxyl groups is 1. The van der Waals surface area contributed by atoms with Crippen LogP contribution in [0.2, 0.25) is 0 Å². The number of azo groups is 3. The molecule has 5 N–H and O–H groups in total. The third-order valence-electron chi connectivity index (χ3n) is 11.1. The average molecular weight is 1130 g/mol. The van der Waals surface area contributed by atoms with Crippen molar-refractivity contribution in [1.82, 2.24) is 9.38 Å². The van der Waals surface area contributed by atoms with Crippen molar-refractivity contribution in [3.05, 3.63) is 94.3 Å². The van der Waals surface area contributed by atoms with Gasteiger partial charge in [0.15, 0.2) is 21.2 Å². The molecule has 1 atom stereocenters. The van der Waals surface area contributed by atoms with Gasteiger partial charge in [-0.3, -0.25) is 22.6 Å². The summed E-state index contributed by atoms with van der Waals surface area (Å²) in [6, 6.07) is 13.1. The number of hydrogen-bond donors (Lipinski definition) is 5. The first-order valence-corrected chi connectivity index (χ1v) is 29.8. The van der Waals surface area contributed by atoms with Crippen molar-refractivity contribution in [1.29, 1.82) is 5.26 Å². The van der Waals surface area contributed by atoms with E-state index in [0.717, 1.165) is 4.40 Å². The molecular weight excluding hydrogens is 1090 g/mol. The second-order valence-corrected chi connectivity index (χ2v) is 25.5. The van der Waals surface area contributed by atoms with E-state index in [-0.39, 0.29) is 111 Å². The summed E-state index contributed by atoms with van der Waals surface area (Å²) in [7, 11) is -21.6. The second kappa shape index (κ2) is 22.5. The summed E-state index contributed by atoms with van der Waals surface area (Å²) in [5.41, 5.74) is 1.80. The van der Waals surface area contributed by atoms with Crippen molar-refractivity contribution in [3.8, 4) is 23.4 Å². The minimum absolute atomic E-state index is 0.00582. The first-order valence-electron chi connectivity index (χ1n) is 21.9. The van der Waals surface area contributed by atoms with E-state index in [2.05, 4.69) is 35.7 Å². The molecule has 0 bridgehead atoms. The van der Waals surface area contributed by atoms with Gasteiger partial charge in [-0.2, -0.15) is 54.3 Å². The molecule has 5 aromatic rings. The number of imidazole rings is 1. The molecule has 2 aromatic heterocycles. The predicted molar refractivity (Wildman–Crippen MR) is 272 cm³/mol. The zero-order valence-electron chi connectivity index (χ0n) is 40.0. The van der Waals surface area contributed by atoms with Crippen molar-refractivity contribution < 1.29 is 74.9 Å². The Morgan fingerprint density at radius 3 is 1.63 bits per heavy atom. The fourth-order valence-electron chi connectivity index (χ4n) is 7.01. The van der Waals surface area contributed by atoms with Crippen LogP contribution in [0.25, 0.3) is 17.8 Å². The van der Waals surface area contributed by atoms with E-state index in [0.29, 0.717) is 11.1 Å². The first-order chi connectivity index (χ1) is 34.9. The number of nitriles is 1. The number of rotatable bonds is 22. The molecule has 3 aromatic carbocycles. The molecule has 0 radical (unpaired) electrons. The van der Waals surface area contributed by atoms with Gasteiger partial charge in [-0.05, 0) is 107 Å². The van der Waals surface area contributed by atoms with Crippen molar-refractivity contribution >= 4 is 102 Å². The number of hydrogen-bond acceptors (Lipinski definition) is 21. The van der Waals surface area contributed by atoms with Crippen LogP contribution in [0.15, 0.2) is 96.3 Å². The summed E-state index contributed by atoms with van der Waals surface area (Å²) in [5, 5.41) is 47.7. The van der Waals surface area contributed by atoms with E-state index in [1.807, 2.05) is 6.07 Å². The van der Waals surface area contributed by atoms with Gasteiger partial charge >= 0.3 is 0 Å². The third-order valence-corrected chi connectivity index (χ3v) is 16.7. The molecule has 31 heteroatoms. The van der Waals surface area contributed by atoms with Gasteiger partial charge in [0.2, 0.25) is 5.88 Å². The quantitative estimate of drug-likeness (QED) is 0.0248. The number of aromatic nitrogens is 2. The molecule has 1 aliphatic carbocycles. The Kier molecular flexibility index (Phi) is 17.2. The van der Waals surface area contributed by atoms with E-state index >= 15 is 0 Å². The van der Waals surface area contributed by atoms with Gasteiger partial charge in [-0.25, -0.2) is 13.4 Å². The SMILES string of the molecule is Cc1cc(N=Nc2cc(OCCCS(=O)(=O)O)c(N=Nc3c(C)c(C#N)c4nc5c(n4c3O)C=CC(C)(S(=O)(=O)O)C=C5)cc2C)c(OCCCS(=O)(=O)O)cc1N=Nc1ccc(S(=O)(=O)CCCS(=O)(=O)O)cc1. The Morgan fingerprint density at radius 1 is 0.640 bits per heavy atom. The van der Waals surface area contributed by atoms with Crippen molar-refractivity contribution in [3.63, 3.8) is 0 Å². The zero-order valence-corrected chi connectivity index (χ0v) is 44.1. The molecule has 26 nitrogen and oxygen atoms in total. The number of aryl methyl sites for hydroxylation is 2. The Morgan fingerprint density at radius 2 is 1.12 bits per heavy atom. The van der Waals surface area contributed by atoms with Crippen molar-refractivity contribution in [2.45, 2.75) is 56.6 Å². The monoisotopic (exact) mass is 1130 g/mol. The number of pyridine rings is 1. The Hall–Kier alpha value is -6.89. The molecule has 0 spiro atoms. The summed E-state index contributed by atoms with van der Waals surface area (Å²) in [6.07, 6.45) is 4.36. The smallest absolute Gasteiger partial charge is 0.277 e. The van der Waals surface area contributed by atoms with Gasteiger partial charge in [0, 0.05) is 17.7 Å². The molecular formula is C44H47N9O17S5. The van der Waals surface area contributed by atoms with Crippen molar-refractivity contribution in [2.24, 2.45) is 30.7 Å². The number of ether oxygens (including phenoxy) is 2. The first kappa shape index (κ1) is 57.4. The highest BCUT2D eigenvalue weighted by Gasteiger charge is 2.35. The van der Waals surface area contributed by atoms with E-state index in [1.54, 1.807) is 13.8 Å². The highest BCUT2D eigenvalue weighted by molar-refractivity contribution is 7.91. The van der Waals surface area contributed by atoms with Gasteiger partial charge in [0.05, 0.1) is 69.6 Å². The molecule has 2 heterocycles. The minimum atomic E-state index is -4.64. The number of fused-ring (bicyclic) bond motifs is 3. The van der Waals surface area contributed by atoms with Gasteiger partial charge in [-0.15, -0.1) is 15.3 Å². The lowest BCUT2D eigenvalue weighted by Gasteiger charge is -2.16. The standard InChI is InChI=1S/C44H47N9O17S5/c1-27-22-36(39(69-16-5-19-72(57,58)59)24-34(27)48-47-30-8-10-31(11-9-30)71(55,56)18-7-21-74(63,64)65)50-49-35-25-40(70-17-6-20-73(60,61)62)37(23-28(35)2)51-52-41-29(3)32(26-45)42-46-33-12-14-44(4,75(66,67)68)15-13-38(33)53(42)43(41)54/h8-15,22-25,54H,5-7,16-21H2,1-4H3,(H,57,58,59)(H,60,61,62)(H,63,64,65)(H,66,67,68). The number of sulfone groups is 1. The fourth-order valence-corrected chi connectivity index (χ4v) is 10.5. The highest BCUT2D eigenvalue weighted by atomic mass is 32.2. The Balaban J connectivity index is 1.36. The molecule has 400 valence electrons. The largest absolute Gasteiger partial charge is 0.493 e. The van der Waals surface area contributed by atoms with E-state index in [9.17, 15) is 66.1 Å². The van der Waals surface area contributed by atoms with Crippen LogP contribution in [0, 0.1) is 32.1 Å². The number of nitrogens with zero attached hydrogens (tertiary/aromatic N) is 9. The summed E-state index contributed by atoms with van der Waals surface area (Å²) in [6.45, 7) is 5.48. The molecule has 1 aliphatic rings.